The molecule has 0 saturated carbocycles. The molecule has 0 aliphatic carbocycles. The molecule has 3 aromatic rings. The van der Waals surface area contributed by atoms with E-state index in [1.165, 1.54) is 54.6 Å². The van der Waals surface area contributed by atoms with Gasteiger partial charge in [0.1, 0.15) is 28.8 Å². The summed E-state index contributed by atoms with van der Waals surface area (Å²) in [5, 5.41) is 50.7. The van der Waals surface area contributed by atoms with E-state index in [0.29, 0.717) is 0 Å². The third-order valence-corrected chi connectivity index (χ3v) is 4.46. The number of phenols is 3. The molecule has 3 aromatic carbocycles. The van der Waals surface area contributed by atoms with Gasteiger partial charge in [0.2, 0.25) is 0 Å². The van der Waals surface area contributed by atoms with Crippen LogP contribution in [0.1, 0.15) is 31.8 Å². The van der Waals surface area contributed by atoms with E-state index in [4.69, 9.17) is 0 Å². The van der Waals surface area contributed by atoms with Gasteiger partial charge in [0.15, 0.2) is 11.6 Å². The Labute approximate surface area is 177 Å². The predicted molar refractivity (Wildman–Crippen MR) is 114 cm³/mol. The summed E-state index contributed by atoms with van der Waals surface area (Å²) in [5.41, 5.74) is -0.422. The normalized spacial score (nSPS) is 11.9. The number of hydrogen-bond acceptors (Lipinski definition) is 7. The van der Waals surface area contributed by atoms with Crippen molar-refractivity contribution in [2.45, 2.75) is 0 Å². The van der Waals surface area contributed by atoms with E-state index < -0.39 is 28.8 Å². The number of aliphatic hydroxyl groups excluding tert-OH is 2. The molecule has 3 rings (SSSR count). The van der Waals surface area contributed by atoms with Gasteiger partial charge in [0.05, 0.1) is 22.3 Å². The number of ketones is 2. The lowest BCUT2D eigenvalue weighted by molar-refractivity contribution is 0.103. The Morgan fingerprint density at radius 3 is 1.29 bits per heavy atom. The summed E-state index contributed by atoms with van der Waals surface area (Å²) >= 11 is 0. The molecular weight excluding hydrogens is 400 g/mol. The third kappa shape index (κ3) is 4.56. The monoisotopic (exact) mass is 418 g/mol. The van der Waals surface area contributed by atoms with E-state index >= 15 is 0 Å². The number of allylic oxidation sites excluding steroid dienone is 2. The number of rotatable bonds is 6. The van der Waals surface area contributed by atoms with E-state index in [-0.39, 0.29) is 33.8 Å². The Bertz CT molecular complexity index is 1130. The molecule has 7 nitrogen and oxygen atoms in total. The average Bonchev–Trinajstić information content (AvgIpc) is 2.74. The second kappa shape index (κ2) is 8.87. The minimum atomic E-state index is -0.699. The maximum atomic E-state index is 12.3. The van der Waals surface area contributed by atoms with E-state index in [9.17, 15) is 35.1 Å². The van der Waals surface area contributed by atoms with Crippen molar-refractivity contribution in [1.29, 1.82) is 0 Å². The molecule has 0 radical (unpaired) electrons. The molecule has 0 unspecified atom stereocenters. The summed E-state index contributed by atoms with van der Waals surface area (Å²) in [7, 11) is 0. The van der Waals surface area contributed by atoms with Crippen LogP contribution in [-0.4, -0.2) is 37.1 Å². The molecule has 0 spiro atoms. The molecule has 0 saturated heterocycles. The van der Waals surface area contributed by atoms with Crippen molar-refractivity contribution < 1.29 is 35.1 Å². The summed E-state index contributed by atoms with van der Waals surface area (Å²) in [6.45, 7) is 0. The molecule has 0 aliphatic rings. The van der Waals surface area contributed by atoms with Crippen molar-refractivity contribution in [3.8, 4) is 17.2 Å². The summed E-state index contributed by atoms with van der Waals surface area (Å²) < 4.78 is 0. The van der Waals surface area contributed by atoms with Gasteiger partial charge in [-0.15, -0.1) is 0 Å². The van der Waals surface area contributed by atoms with Gasteiger partial charge in [-0.2, -0.15) is 0 Å². The summed E-state index contributed by atoms with van der Waals surface area (Å²) in [4.78, 5) is 24.6. The number of para-hydroxylation sites is 3. The van der Waals surface area contributed by atoms with Crippen LogP contribution in [0.4, 0.5) is 0 Å². The van der Waals surface area contributed by atoms with E-state index in [1.807, 2.05) is 0 Å². The standard InChI is InChI=1S/C24H18O7/c25-18-10-3-1-6-14(18)20(27)12-22(29)16-8-5-9-17(24(16)31)23(30)13-21(28)15-7-2-4-11-19(15)26/h1-13,25-26,29-31H. The molecule has 0 fully saturated rings. The Morgan fingerprint density at radius 2 is 0.903 bits per heavy atom. The van der Waals surface area contributed by atoms with Gasteiger partial charge in [-0.1, -0.05) is 30.3 Å². The zero-order chi connectivity index (χ0) is 22.5. The van der Waals surface area contributed by atoms with Crippen molar-refractivity contribution in [3.05, 3.63) is 101 Å². The lowest BCUT2D eigenvalue weighted by Crippen LogP contribution is -1.99. The minimum absolute atomic E-state index is 0.0410. The Balaban J connectivity index is 1.94. The van der Waals surface area contributed by atoms with Gasteiger partial charge in [-0.25, -0.2) is 0 Å². The molecule has 0 atom stereocenters. The average molecular weight is 418 g/mol. The smallest absolute Gasteiger partial charge is 0.193 e. The fraction of sp³-hybridized carbons (Fsp3) is 0. The lowest BCUT2D eigenvalue weighted by Gasteiger charge is -2.09. The highest BCUT2D eigenvalue weighted by Crippen LogP contribution is 2.32. The van der Waals surface area contributed by atoms with E-state index in [1.54, 1.807) is 12.1 Å². The number of carbonyl (C=O) groups excluding carboxylic acids is 2. The number of benzene rings is 3. The zero-order valence-electron chi connectivity index (χ0n) is 16.1. The second-order valence-corrected chi connectivity index (χ2v) is 6.52. The van der Waals surface area contributed by atoms with Crippen LogP contribution in [0, 0.1) is 0 Å². The summed E-state index contributed by atoms with van der Waals surface area (Å²) in [6, 6.07) is 15.6. The van der Waals surface area contributed by atoms with Crippen LogP contribution < -0.4 is 0 Å². The number of hydrogen-bond donors (Lipinski definition) is 5. The van der Waals surface area contributed by atoms with Crippen LogP contribution in [0.15, 0.2) is 78.9 Å². The molecule has 0 bridgehead atoms. The number of aromatic hydroxyl groups is 3. The highest BCUT2D eigenvalue weighted by molar-refractivity contribution is 6.10. The highest BCUT2D eigenvalue weighted by Gasteiger charge is 2.17. The Morgan fingerprint density at radius 1 is 0.548 bits per heavy atom. The van der Waals surface area contributed by atoms with Crippen LogP contribution in [0.3, 0.4) is 0 Å². The minimum Gasteiger partial charge on any atom is -0.507 e. The van der Waals surface area contributed by atoms with Crippen LogP contribution in [0.2, 0.25) is 0 Å². The molecule has 31 heavy (non-hydrogen) atoms. The molecule has 156 valence electrons. The molecule has 0 aliphatic heterocycles. The van der Waals surface area contributed by atoms with Crippen molar-refractivity contribution in [2.75, 3.05) is 0 Å². The Kier molecular flexibility index (Phi) is 6.07. The van der Waals surface area contributed by atoms with Crippen LogP contribution in [0.5, 0.6) is 17.2 Å². The molecule has 0 amide bonds. The second-order valence-electron chi connectivity index (χ2n) is 6.52. The fourth-order valence-corrected chi connectivity index (χ4v) is 2.88. The quantitative estimate of drug-likeness (QED) is 0.228. The number of carbonyl (C=O) groups is 2. The summed E-state index contributed by atoms with van der Waals surface area (Å²) in [5.74, 6) is -3.71. The molecule has 7 heteroatoms. The SMILES string of the molecule is O=C(C=C(O)c1cccc(C(O)=CC(=O)c2ccccc2O)c1O)c1ccccc1O. The van der Waals surface area contributed by atoms with Gasteiger partial charge < -0.3 is 25.5 Å². The fourth-order valence-electron chi connectivity index (χ4n) is 2.88. The van der Waals surface area contributed by atoms with Gasteiger partial charge >= 0.3 is 0 Å². The number of aliphatic hydroxyl groups is 2. The van der Waals surface area contributed by atoms with E-state index in [0.717, 1.165) is 12.2 Å². The van der Waals surface area contributed by atoms with Crippen molar-refractivity contribution in [1.82, 2.24) is 0 Å². The molecular formula is C24H18O7. The van der Waals surface area contributed by atoms with Crippen molar-refractivity contribution in [3.63, 3.8) is 0 Å². The van der Waals surface area contributed by atoms with Crippen LogP contribution >= 0.6 is 0 Å². The first-order valence-corrected chi connectivity index (χ1v) is 9.08. The molecule has 0 aromatic heterocycles. The first kappa shape index (κ1) is 21.2. The zero-order valence-corrected chi connectivity index (χ0v) is 16.1. The maximum absolute atomic E-state index is 12.3. The predicted octanol–water partition coefficient (Wildman–Crippen LogP) is 4.37. The van der Waals surface area contributed by atoms with Crippen LogP contribution in [0.25, 0.3) is 11.5 Å². The first-order valence-electron chi connectivity index (χ1n) is 9.08. The van der Waals surface area contributed by atoms with Crippen molar-refractivity contribution >= 4 is 23.1 Å². The van der Waals surface area contributed by atoms with Crippen molar-refractivity contribution in [2.24, 2.45) is 0 Å². The van der Waals surface area contributed by atoms with Crippen LogP contribution in [-0.2, 0) is 0 Å². The highest BCUT2D eigenvalue weighted by atomic mass is 16.3. The summed E-state index contributed by atoms with van der Waals surface area (Å²) in [6.07, 6.45) is 1.64. The topological polar surface area (TPSA) is 135 Å². The van der Waals surface area contributed by atoms with Gasteiger partial charge in [0, 0.05) is 12.2 Å². The molecule has 0 heterocycles. The Hall–Kier alpha value is -4.52. The van der Waals surface area contributed by atoms with Gasteiger partial charge in [0.25, 0.3) is 0 Å². The maximum Gasteiger partial charge on any atom is 0.193 e. The first-order chi connectivity index (χ1) is 14.8. The third-order valence-electron chi connectivity index (χ3n) is 4.46. The molecule has 5 N–H and O–H groups in total. The van der Waals surface area contributed by atoms with E-state index in [2.05, 4.69) is 0 Å². The van der Waals surface area contributed by atoms with Gasteiger partial charge in [-0.3, -0.25) is 9.59 Å². The largest absolute Gasteiger partial charge is 0.507 e. The van der Waals surface area contributed by atoms with Gasteiger partial charge in [-0.05, 0) is 36.4 Å². The number of phenolic OH excluding ortho intramolecular Hbond substituents is 3. The lowest BCUT2D eigenvalue weighted by atomic mass is 10.0.